The summed E-state index contributed by atoms with van der Waals surface area (Å²) in [6.45, 7) is 0.151. The molecule has 0 aliphatic heterocycles. The molecule has 2 aromatic carbocycles. The Morgan fingerprint density at radius 3 is 2.25 bits per heavy atom. The van der Waals surface area contributed by atoms with E-state index < -0.39 is 11.7 Å². The lowest BCUT2D eigenvalue weighted by Crippen LogP contribution is -2.05. The summed E-state index contributed by atoms with van der Waals surface area (Å²) >= 11 is 5.84. The van der Waals surface area contributed by atoms with Gasteiger partial charge in [-0.15, -0.1) is 0 Å². The van der Waals surface area contributed by atoms with Gasteiger partial charge in [-0.05, 0) is 29.8 Å². The maximum absolute atomic E-state index is 12.4. The Hall–Kier alpha value is -1.88. The van der Waals surface area contributed by atoms with E-state index in [1.807, 2.05) is 0 Å². The molecule has 0 heterocycles. The average Bonchev–Trinajstić information content (AvgIpc) is 2.40. The Balaban J connectivity index is 2.02. The zero-order chi connectivity index (χ0) is 14.8. The number of ether oxygens (including phenoxy) is 1. The summed E-state index contributed by atoms with van der Waals surface area (Å²) in [5, 5.41) is 0.370. The van der Waals surface area contributed by atoms with Crippen LogP contribution in [-0.2, 0) is 12.8 Å². The predicted octanol–water partition coefficient (Wildman–Crippen LogP) is 4.52. The van der Waals surface area contributed by atoms with Crippen LogP contribution in [0.4, 0.5) is 18.9 Å². The van der Waals surface area contributed by atoms with Gasteiger partial charge in [-0.3, -0.25) is 0 Å². The molecule has 2 rings (SSSR count). The highest BCUT2D eigenvalue weighted by Crippen LogP contribution is 2.29. The number of hydrogen-bond donors (Lipinski definition) is 1. The molecule has 20 heavy (non-hydrogen) atoms. The van der Waals surface area contributed by atoms with E-state index >= 15 is 0 Å². The second kappa shape index (κ2) is 5.63. The van der Waals surface area contributed by atoms with Crippen LogP contribution in [0.15, 0.2) is 42.5 Å². The van der Waals surface area contributed by atoms with Crippen LogP contribution in [-0.4, -0.2) is 0 Å². The molecular weight excluding hydrogens is 291 g/mol. The van der Waals surface area contributed by atoms with E-state index in [-0.39, 0.29) is 6.61 Å². The predicted molar refractivity (Wildman–Crippen MR) is 71.6 cm³/mol. The molecule has 106 valence electrons. The fourth-order valence-electron chi connectivity index (χ4n) is 1.55. The first kappa shape index (κ1) is 14.5. The molecule has 0 spiro atoms. The van der Waals surface area contributed by atoms with Crippen molar-refractivity contribution in [3.05, 3.63) is 58.6 Å². The van der Waals surface area contributed by atoms with Gasteiger partial charge in [0.1, 0.15) is 12.4 Å². The van der Waals surface area contributed by atoms with E-state index in [9.17, 15) is 13.2 Å². The van der Waals surface area contributed by atoms with Gasteiger partial charge in [-0.25, -0.2) is 0 Å². The van der Waals surface area contributed by atoms with E-state index in [0.29, 0.717) is 22.0 Å². The second-order valence-electron chi connectivity index (χ2n) is 4.17. The molecule has 0 aromatic heterocycles. The highest BCUT2D eigenvalue weighted by Gasteiger charge is 2.29. The van der Waals surface area contributed by atoms with Crippen molar-refractivity contribution in [2.75, 3.05) is 5.73 Å². The van der Waals surface area contributed by atoms with Crippen LogP contribution >= 0.6 is 11.6 Å². The zero-order valence-electron chi connectivity index (χ0n) is 10.2. The molecule has 2 nitrogen and oxygen atoms in total. The molecule has 6 heteroatoms. The fraction of sp³-hybridized carbons (Fsp3) is 0.143. The van der Waals surface area contributed by atoms with Crippen LogP contribution in [0, 0.1) is 0 Å². The maximum atomic E-state index is 12.4. The van der Waals surface area contributed by atoms with Crippen molar-refractivity contribution in [2.45, 2.75) is 12.8 Å². The van der Waals surface area contributed by atoms with E-state index in [1.54, 1.807) is 18.2 Å². The Bertz CT molecular complexity index is 596. The Labute approximate surface area is 118 Å². The molecule has 2 N–H and O–H groups in total. The number of hydrogen-bond acceptors (Lipinski definition) is 2. The van der Waals surface area contributed by atoms with Gasteiger partial charge in [-0.1, -0.05) is 23.7 Å². The van der Waals surface area contributed by atoms with Crippen molar-refractivity contribution in [3.63, 3.8) is 0 Å². The average molecular weight is 302 g/mol. The quantitative estimate of drug-likeness (QED) is 0.846. The number of nitrogens with two attached hydrogens (primary N) is 1. The second-order valence-corrected chi connectivity index (χ2v) is 4.57. The van der Waals surface area contributed by atoms with Crippen molar-refractivity contribution in [1.29, 1.82) is 0 Å². The number of rotatable bonds is 3. The molecule has 0 unspecified atom stereocenters. The molecule has 0 radical (unpaired) electrons. The van der Waals surface area contributed by atoms with E-state index in [1.165, 1.54) is 12.1 Å². The third-order valence-electron chi connectivity index (χ3n) is 2.66. The molecule has 0 amide bonds. The lowest BCUT2D eigenvalue weighted by molar-refractivity contribution is -0.137. The van der Waals surface area contributed by atoms with Crippen molar-refractivity contribution < 1.29 is 17.9 Å². The highest BCUT2D eigenvalue weighted by molar-refractivity contribution is 6.33. The lowest BCUT2D eigenvalue weighted by atomic mass is 10.1. The first-order valence-corrected chi connectivity index (χ1v) is 6.08. The number of halogens is 4. The third kappa shape index (κ3) is 3.57. The Morgan fingerprint density at radius 2 is 1.70 bits per heavy atom. The Morgan fingerprint density at radius 1 is 1.05 bits per heavy atom. The maximum Gasteiger partial charge on any atom is 0.416 e. The van der Waals surface area contributed by atoms with Crippen LogP contribution in [0.5, 0.6) is 5.75 Å². The third-order valence-corrected chi connectivity index (χ3v) is 2.99. The summed E-state index contributed by atoms with van der Waals surface area (Å²) in [4.78, 5) is 0. The van der Waals surface area contributed by atoms with E-state index in [4.69, 9.17) is 22.1 Å². The first-order chi connectivity index (χ1) is 9.36. The number of benzene rings is 2. The van der Waals surface area contributed by atoms with Crippen molar-refractivity contribution >= 4 is 17.3 Å². The fourth-order valence-corrected chi connectivity index (χ4v) is 1.72. The summed E-state index contributed by atoms with van der Waals surface area (Å²) < 4.78 is 42.6. The van der Waals surface area contributed by atoms with E-state index in [2.05, 4.69) is 0 Å². The van der Waals surface area contributed by atoms with Gasteiger partial charge in [0.05, 0.1) is 16.3 Å². The van der Waals surface area contributed by atoms with Crippen LogP contribution < -0.4 is 10.5 Å². The molecule has 0 saturated heterocycles. The van der Waals surface area contributed by atoms with Crippen LogP contribution in [0.1, 0.15) is 11.1 Å². The summed E-state index contributed by atoms with van der Waals surface area (Å²) in [5.74, 6) is 0.504. The number of anilines is 1. The van der Waals surface area contributed by atoms with Crippen molar-refractivity contribution in [2.24, 2.45) is 0 Å². The molecule has 0 bridgehead atoms. The summed E-state index contributed by atoms with van der Waals surface area (Å²) in [7, 11) is 0. The molecule has 0 aliphatic rings. The van der Waals surface area contributed by atoms with Crippen molar-refractivity contribution in [3.8, 4) is 5.75 Å². The number of alkyl halides is 3. The van der Waals surface area contributed by atoms with Crippen LogP contribution in [0.3, 0.4) is 0 Å². The first-order valence-electron chi connectivity index (χ1n) is 5.70. The van der Waals surface area contributed by atoms with Crippen LogP contribution in [0.25, 0.3) is 0 Å². The van der Waals surface area contributed by atoms with Gasteiger partial charge >= 0.3 is 6.18 Å². The largest absolute Gasteiger partial charge is 0.489 e. The standard InChI is InChI=1S/C14H11ClF3NO/c15-12-7-11(5-6-13(12)19)20-8-9-1-3-10(4-2-9)14(16,17)18/h1-7H,8,19H2. The van der Waals surface area contributed by atoms with Gasteiger partial charge < -0.3 is 10.5 Å². The topological polar surface area (TPSA) is 35.2 Å². The lowest BCUT2D eigenvalue weighted by Gasteiger charge is -2.09. The smallest absolute Gasteiger partial charge is 0.416 e. The molecular formula is C14H11ClF3NO. The van der Waals surface area contributed by atoms with Crippen molar-refractivity contribution in [1.82, 2.24) is 0 Å². The minimum atomic E-state index is -4.33. The normalized spacial score (nSPS) is 11.4. The van der Waals surface area contributed by atoms with Gasteiger partial charge in [0.15, 0.2) is 0 Å². The summed E-state index contributed by atoms with van der Waals surface area (Å²) in [5.41, 5.74) is 5.94. The van der Waals surface area contributed by atoms with Gasteiger partial charge in [0.2, 0.25) is 0 Å². The SMILES string of the molecule is Nc1ccc(OCc2ccc(C(F)(F)F)cc2)cc1Cl. The monoisotopic (exact) mass is 301 g/mol. The molecule has 0 aliphatic carbocycles. The molecule has 0 fully saturated rings. The molecule has 0 saturated carbocycles. The summed E-state index contributed by atoms with van der Waals surface area (Å²) in [6, 6.07) is 9.60. The minimum Gasteiger partial charge on any atom is -0.489 e. The Kier molecular flexibility index (Phi) is 4.09. The zero-order valence-corrected chi connectivity index (χ0v) is 11.0. The highest BCUT2D eigenvalue weighted by atomic mass is 35.5. The molecule has 0 atom stereocenters. The summed E-state index contributed by atoms with van der Waals surface area (Å²) in [6.07, 6.45) is -4.33. The van der Waals surface area contributed by atoms with Gasteiger partial charge in [0.25, 0.3) is 0 Å². The number of nitrogen functional groups attached to an aromatic ring is 1. The van der Waals surface area contributed by atoms with Gasteiger partial charge in [-0.2, -0.15) is 13.2 Å². The van der Waals surface area contributed by atoms with E-state index in [0.717, 1.165) is 12.1 Å². The molecule has 2 aromatic rings. The minimum absolute atomic E-state index is 0.151. The van der Waals surface area contributed by atoms with Crippen LogP contribution in [0.2, 0.25) is 5.02 Å². The van der Waals surface area contributed by atoms with Gasteiger partial charge in [0, 0.05) is 6.07 Å².